The number of ether oxygens (including phenoxy) is 2. The SMILES string of the molecule is CCCCCCCCCCCCCCCCC/C=C\C/C=C\CCCCCCCCCCCCCCCCCCCC(=O)NC(COC1OC(CO)C(O)C(OS(=O)(=O)O)C1O)C(O)CCCCCCCCCCCC. The maximum atomic E-state index is 13.1. The molecule has 1 rings (SSSR count). The fraction of sp³-hybridized carbons (Fsp3) is 0.921. The Bertz CT molecular complexity index is 1430. The van der Waals surface area contributed by atoms with E-state index in [1.54, 1.807) is 0 Å². The molecule has 0 aromatic heterocycles. The molecule has 0 aromatic rings. The number of allylic oxidation sites excluding steroid dienone is 4. The fourth-order valence-electron chi connectivity index (χ4n) is 10.6. The summed E-state index contributed by atoms with van der Waals surface area (Å²) in [7, 11) is -5.08. The van der Waals surface area contributed by atoms with Crippen molar-refractivity contribution in [1.82, 2.24) is 5.32 Å². The maximum Gasteiger partial charge on any atom is 0.397 e. The van der Waals surface area contributed by atoms with Crippen LogP contribution in [0.2, 0.25) is 0 Å². The molecule has 0 spiro atoms. The zero-order valence-corrected chi connectivity index (χ0v) is 49.9. The first kappa shape index (κ1) is 72.6. The maximum absolute atomic E-state index is 13.1. The Morgan fingerprint density at radius 1 is 0.526 bits per heavy atom. The number of hydrogen-bond acceptors (Lipinski definition) is 10. The Labute approximate surface area is 467 Å². The van der Waals surface area contributed by atoms with Gasteiger partial charge in [-0.1, -0.05) is 289 Å². The third kappa shape index (κ3) is 44.3. The van der Waals surface area contributed by atoms with Gasteiger partial charge in [0.15, 0.2) is 6.29 Å². The van der Waals surface area contributed by atoms with Crippen LogP contribution in [0.1, 0.15) is 316 Å². The molecule has 450 valence electrons. The average molecular weight is 1100 g/mol. The van der Waals surface area contributed by atoms with E-state index in [2.05, 4.69) is 47.7 Å². The first-order valence-corrected chi connectivity index (χ1v) is 33.6. The van der Waals surface area contributed by atoms with Crippen LogP contribution in [0, 0.1) is 0 Å². The minimum absolute atomic E-state index is 0.227. The van der Waals surface area contributed by atoms with E-state index < -0.39 is 59.9 Å². The highest BCUT2D eigenvalue weighted by Gasteiger charge is 2.48. The minimum Gasteiger partial charge on any atom is -0.394 e. The summed E-state index contributed by atoms with van der Waals surface area (Å²) < 4.78 is 47.8. The van der Waals surface area contributed by atoms with E-state index in [9.17, 15) is 38.2 Å². The zero-order valence-electron chi connectivity index (χ0n) is 49.1. The van der Waals surface area contributed by atoms with Gasteiger partial charge in [0.05, 0.1) is 25.4 Å². The average Bonchev–Trinajstić information content (AvgIpc) is 3.40. The normalized spacial score (nSPS) is 19.1. The number of carbonyl (C=O) groups excluding carboxylic acids is 1. The summed E-state index contributed by atoms with van der Waals surface area (Å²) in [5.41, 5.74) is 0. The molecule has 13 heteroatoms. The van der Waals surface area contributed by atoms with Crippen LogP contribution in [0.3, 0.4) is 0 Å². The van der Waals surface area contributed by atoms with Crippen molar-refractivity contribution in [1.29, 1.82) is 0 Å². The van der Waals surface area contributed by atoms with Gasteiger partial charge in [0.1, 0.15) is 24.4 Å². The van der Waals surface area contributed by atoms with E-state index in [0.29, 0.717) is 12.8 Å². The first-order valence-electron chi connectivity index (χ1n) is 32.2. The number of nitrogens with one attached hydrogen (secondary N) is 1. The summed E-state index contributed by atoms with van der Waals surface area (Å²) in [6.07, 6.45) is 58.2. The Hall–Kier alpha value is -1.42. The van der Waals surface area contributed by atoms with Gasteiger partial charge in [0.25, 0.3) is 0 Å². The zero-order chi connectivity index (χ0) is 55.4. The van der Waals surface area contributed by atoms with Crippen molar-refractivity contribution < 1.29 is 51.8 Å². The highest BCUT2D eigenvalue weighted by atomic mass is 32.3. The monoisotopic (exact) mass is 1100 g/mol. The van der Waals surface area contributed by atoms with E-state index >= 15 is 0 Å². The van der Waals surface area contributed by atoms with Gasteiger partial charge in [-0.25, -0.2) is 4.18 Å². The molecule has 0 saturated carbocycles. The van der Waals surface area contributed by atoms with Crippen LogP contribution in [0.5, 0.6) is 0 Å². The summed E-state index contributed by atoms with van der Waals surface area (Å²) in [5.74, 6) is -0.227. The quantitative estimate of drug-likeness (QED) is 0.0193. The largest absolute Gasteiger partial charge is 0.397 e. The van der Waals surface area contributed by atoms with Crippen molar-refractivity contribution >= 4 is 16.3 Å². The summed E-state index contributed by atoms with van der Waals surface area (Å²) in [4.78, 5) is 13.1. The van der Waals surface area contributed by atoms with Gasteiger partial charge in [0.2, 0.25) is 5.91 Å². The van der Waals surface area contributed by atoms with E-state index in [4.69, 9.17) is 9.47 Å². The lowest BCUT2D eigenvalue weighted by Crippen LogP contribution is -2.61. The van der Waals surface area contributed by atoms with Crippen molar-refractivity contribution in [3.8, 4) is 0 Å². The van der Waals surface area contributed by atoms with Gasteiger partial charge in [0, 0.05) is 6.42 Å². The number of unbranched alkanes of at least 4 members (excludes halogenated alkanes) is 41. The third-order valence-corrected chi connectivity index (χ3v) is 16.0. The second kappa shape index (κ2) is 52.9. The second-order valence-electron chi connectivity index (χ2n) is 22.7. The number of aliphatic hydroxyl groups excluding tert-OH is 4. The molecule has 0 bridgehead atoms. The van der Waals surface area contributed by atoms with Crippen LogP contribution in [0.25, 0.3) is 0 Å². The van der Waals surface area contributed by atoms with Crippen LogP contribution >= 0.6 is 0 Å². The van der Waals surface area contributed by atoms with Gasteiger partial charge >= 0.3 is 10.4 Å². The lowest BCUT2D eigenvalue weighted by Gasteiger charge is -2.41. The number of rotatable bonds is 57. The molecule has 1 aliphatic rings. The van der Waals surface area contributed by atoms with Crippen molar-refractivity contribution in [2.45, 2.75) is 358 Å². The Morgan fingerprint density at radius 3 is 1.25 bits per heavy atom. The molecular formula is C63H121NO11S. The molecule has 1 amide bonds. The van der Waals surface area contributed by atoms with E-state index in [-0.39, 0.29) is 12.5 Å². The lowest BCUT2D eigenvalue weighted by atomic mass is 9.99. The summed E-state index contributed by atoms with van der Waals surface area (Å²) in [6.45, 7) is 3.46. The van der Waals surface area contributed by atoms with Gasteiger partial charge < -0.3 is 35.2 Å². The van der Waals surface area contributed by atoms with Gasteiger partial charge in [-0.15, -0.1) is 0 Å². The molecule has 0 aromatic carbocycles. The molecule has 1 saturated heterocycles. The Balaban J connectivity index is 2.10. The standard InChI is InChI=1S/C63H121NO11S/c1-3-5-7-9-11-13-15-16-17-18-19-20-21-22-23-24-25-26-27-28-29-30-31-32-33-34-35-36-37-38-39-40-41-42-43-45-47-49-51-53-59(67)64-56(57(66)52-50-48-46-44-14-12-10-8-6-4-2)55-73-63-61(69)62(75-76(70,71)72)60(68)58(54-65)74-63/h25-26,28-29,56-58,60-63,65-66,68-69H,3-24,27,30-55H2,1-2H3,(H,64,67)(H,70,71,72)/b26-25-,29-28-. The van der Waals surface area contributed by atoms with E-state index in [0.717, 1.165) is 57.8 Å². The first-order chi connectivity index (χ1) is 37.0. The van der Waals surface area contributed by atoms with Gasteiger partial charge in [-0.3, -0.25) is 9.35 Å². The van der Waals surface area contributed by atoms with E-state index in [1.165, 1.54) is 231 Å². The molecule has 76 heavy (non-hydrogen) atoms. The highest BCUT2D eigenvalue weighted by Crippen LogP contribution is 2.26. The van der Waals surface area contributed by atoms with Crippen LogP contribution in [0.15, 0.2) is 24.3 Å². The molecular weight excluding hydrogens is 979 g/mol. The van der Waals surface area contributed by atoms with Crippen molar-refractivity contribution in [3.63, 3.8) is 0 Å². The Kier molecular flexibility index (Phi) is 50.6. The van der Waals surface area contributed by atoms with E-state index in [1.807, 2.05) is 0 Å². The number of amides is 1. The summed E-state index contributed by atoms with van der Waals surface area (Å²) in [6, 6.07) is -0.855. The molecule has 12 nitrogen and oxygen atoms in total. The summed E-state index contributed by atoms with van der Waals surface area (Å²) in [5, 5.41) is 45.0. The van der Waals surface area contributed by atoms with Crippen molar-refractivity contribution in [2.24, 2.45) is 0 Å². The van der Waals surface area contributed by atoms with Crippen molar-refractivity contribution in [2.75, 3.05) is 13.2 Å². The van der Waals surface area contributed by atoms with Crippen molar-refractivity contribution in [3.05, 3.63) is 24.3 Å². The Morgan fingerprint density at radius 2 is 0.882 bits per heavy atom. The predicted molar refractivity (Wildman–Crippen MR) is 315 cm³/mol. The summed E-state index contributed by atoms with van der Waals surface area (Å²) >= 11 is 0. The number of aliphatic hydroxyl groups is 4. The highest BCUT2D eigenvalue weighted by molar-refractivity contribution is 7.80. The molecule has 1 aliphatic heterocycles. The van der Waals surface area contributed by atoms with Crippen LogP contribution < -0.4 is 5.32 Å². The second-order valence-corrected chi connectivity index (χ2v) is 23.8. The molecule has 7 atom stereocenters. The van der Waals surface area contributed by atoms with Crippen LogP contribution in [0.4, 0.5) is 0 Å². The molecule has 0 aliphatic carbocycles. The molecule has 1 heterocycles. The fourth-order valence-corrected chi connectivity index (χ4v) is 11.1. The minimum atomic E-state index is -5.08. The van der Waals surface area contributed by atoms with Crippen LogP contribution in [-0.4, -0.2) is 95.4 Å². The predicted octanol–water partition coefficient (Wildman–Crippen LogP) is 16.0. The number of carbonyl (C=O) groups is 1. The molecule has 1 fully saturated rings. The van der Waals surface area contributed by atoms with Gasteiger partial charge in [-0.2, -0.15) is 8.42 Å². The molecule has 7 unspecified atom stereocenters. The third-order valence-electron chi connectivity index (χ3n) is 15.5. The van der Waals surface area contributed by atoms with Crippen LogP contribution in [-0.2, 0) is 28.9 Å². The number of hydrogen-bond donors (Lipinski definition) is 6. The topological polar surface area (TPSA) is 192 Å². The molecule has 0 radical (unpaired) electrons. The lowest BCUT2D eigenvalue weighted by molar-refractivity contribution is -0.298. The smallest absolute Gasteiger partial charge is 0.394 e. The van der Waals surface area contributed by atoms with Gasteiger partial charge in [-0.05, 0) is 44.9 Å². The molecule has 6 N–H and O–H groups in total.